The largest absolute Gasteiger partial charge is 0.294 e. The third kappa shape index (κ3) is 4.06. The van der Waals surface area contributed by atoms with Gasteiger partial charge in [0.25, 0.3) is 0 Å². The van der Waals surface area contributed by atoms with Crippen LogP contribution in [0, 0.1) is 5.92 Å². The molecule has 1 radical (unpaired) electrons. The van der Waals surface area contributed by atoms with Gasteiger partial charge in [-0.25, -0.2) is 8.42 Å². The van der Waals surface area contributed by atoms with E-state index in [9.17, 15) is 13.2 Å². The average Bonchev–Trinajstić information content (AvgIpc) is 2.81. The molecular formula is C26H19Cl2O3S. The molecule has 0 aliphatic heterocycles. The zero-order valence-corrected chi connectivity index (χ0v) is 19.2. The Morgan fingerprint density at radius 1 is 0.844 bits per heavy atom. The molecule has 161 valence electrons. The Bertz CT molecular complexity index is 1310. The van der Waals surface area contributed by atoms with Crippen LogP contribution in [-0.4, -0.2) is 18.4 Å². The number of alkyl halides is 1. The van der Waals surface area contributed by atoms with E-state index in [0.29, 0.717) is 5.56 Å². The van der Waals surface area contributed by atoms with Gasteiger partial charge in [0, 0.05) is 17.9 Å². The third-order valence-corrected chi connectivity index (χ3v) is 8.87. The lowest BCUT2D eigenvalue weighted by Gasteiger charge is -2.32. The normalized spacial score (nSPS) is 18.6. The number of hydrogen-bond acceptors (Lipinski definition) is 3. The molecule has 1 aliphatic rings. The zero-order valence-electron chi connectivity index (χ0n) is 16.9. The molecule has 3 aromatic rings. The molecule has 3 aromatic carbocycles. The highest BCUT2D eigenvalue weighted by molar-refractivity contribution is 7.94. The highest BCUT2D eigenvalue weighted by Gasteiger charge is 2.49. The predicted octanol–water partition coefficient (Wildman–Crippen LogP) is 6.69. The molecule has 0 fully saturated rings. The summed E-state index contributed by atoms with van der Waals surface area (Å²) in [4.78, 5) is 13.3. The number of sulfone groups is 1. The van der Waals surface area contributed by atoms with Gasteiger partial charge in [-0.3, -0.25) is 4.79 Å². The quantitative estimate of drug-likeness (QED) is 0.291. The van der Waals surface area contributed by atoms with Crippen LogP contribution in [0.15, 0.2) is 108 Å². The molecule has 6 heteroatoms. The van der Waals surface area contributed by atoms with Crippen molar-refractivity contribution in [3.8, 4) is 11.1 Å². The van der Waals surface area contributed by atoms with Crippen LogP contribution >= 0.6 is 23.2 Å². The first-order valence-electron chi connectivity index (χ1n) is 9.92. The molecule has 0 N–H and O–H groups in total. The second-order valence-electron chi connectivity index (χ2n) is 7.33. The van der Waals surface area contributed by atoms with Crippen LogP contribution in [0.5, 0.6) is 0 Å². The van der Waals surface area contributed by atoms with Crippen molar-refractivity contribution in [2.45, 2.75) is 15.5 Å². The Hall–Kier alpha value is -2.66. The molecule has 32 heavy (non-hydrogen) atoms. The van der Waals surface area contributed by atoms with E-state index < -0.39 is 14.0 Å². The monoisotopic (exact) mass is 481 g/mol. The fraction of sp³-hybridized carbons (Fsp3) is 0.0769. The number of hydrogen-bond donors (Lipinski definition) is 0. The lowest BCUT2D eigenvalue weighted by molar-refractivity contribution is 0.0988. The van der Waals surface area contributed by atoms with Crippen LogP contribution in [0.1, 0.15) is 16.8 Å². The lowest BCUT2D eigenvalue weighted by Crippen LogP contribution is -2.39. The highest BCUT2D eigenvalue weighted by atomic mass is 35.5. The Labute approximate surface area is 197 Å². The van der Waals surface area contributed by atoms with Gasteiger partial charge >= 0.3 is 0 Å². The van der Waals surface area contributed by atoms with Crippen molar-refractivity contribution >= 4 is 38.8 Å². The summed E-state index contributed by atoms with van der Waals surface area (Å²) in [5, 5.41) is 0.0792. The van der Waals surface area contributed by atoms with Crippen molar-refractivity contribution in [3.63, 3.8) is 0 Å². The lowest BCUT2D eigenvalue weighted by atomic mass is 9.89. The van der Waals surface area contributed by atoms with Gasteiger partial charge in [-0.05, 0) is 29.3 Å². The number of halogens is 2. The SMILES string of the molecule is O=C(C[C]1C=CC=CC1(Cl)S(=O)(=O)c1ccccc1Cl)c1ccccc1-c1ccccc1. The summed E-state index contributed by atoms with van der Waals surface area (Å²) in [6.07, 6.45) is 6.06. The van der Waals surface area contributed by atoms with Crippen molar-refractivity contribution in [2.24, 2.45) is 0 Å². The van der Waals surface area contributed by atoms with E-state index in [2.05, 4.69) is 0 Å². The number of carbonyl (C=O) groups excluding carboxylic acids is 1. The Morgan fingerprint density at radius 3 is 2.25 bits per heavy atom. The van der Waals surface area contributed by atoms with Crippen LogP contribution in [0.4, 0.5) is 0 Å². The molecule has 0 aromatic heterocycles. The average molecular weight is 482 g/mol. The molecule has 0 saturated heterocycles. The van der Waals surface area contributed by atoms with E-state index in [1.807, 2.05) is 42.5 Å². The topological polar surface area (TPSA) is 51.2 Å². The van der Waals surface area contributed by atoms with Crippen molar-refractivity contribution < 1.29 is 13.2 Å². The maximum Gasteiger partial charge on any atom is 0.204 e. The molecule has 3 nitrogen and oxygen atoms in total. The van der Waals surface area contributed by atoms with Crippen LogP contribution in [0.3, 0.4) is 0 Å². The first-order chi connectivity index (χ1) is 15.3. The minimum absolute atomic E-state index is 0.0775. The van der Waals surface area contributed by atoms with Gasteiger partial charge < -0.3 is 0 Å². The van der Waals surface area contributed by atoms with Crippen LogP contribution in [0.2, 0.25) is 5.02 Å². The fourth-order valence-electron chi connectivity index (χ4n) is 3.70. The first kappa shape index (κ1) is 22.5. The molecule has 1 aliphatic carbocycles. The van der Waals surface area contributed by atoms with Gasteiger partial charge in [-0.2, -0.15) is 0 Å². The van der Waals surface area contributed by atoms with E-state index in [0.717, 1.165) is 11.1 Å². The maximum absolute atomic E-state index is 13.5. The molecule has 4 rings (SSSR count). The van der Waals surface area contributed by atoms with Gasteiger partial charge in [0.15, 0.2) is 9.99 Å². The Morgan fingerprint density at radius 2 is 1.50 bits per heavy atom. The van der Waals surface area contributed by atoms with Crippen molar-refractivity contribution in [1.29, 1.82) is 0 Å². The Balaban J connectivity index is 1.71. The van der Waals surface area contributed by atoms with E-state index in [-0.39, 0.29) is 28.0 Å². The van der Waals surface area contributed by atoms with Crippen LogP contribution in [-0.2, 0) is 9.84 Å². The standard InChI is InChI=1S/C26H19Cl2O3S/c27-23-15-6-7-16-25(23)32(30,31)26(28)17-9-8-12-20(26)18-24(29)22-14-5-4-13-21(22)19-10-2-1-3-11-19/h1-17H,18H2. The highest BCUT2D eigenvalue weighted by Crippen LogP contribution is 2.45. The van der Waals surface area contributed by atoms with Gasteiger partial charge in [0.1, 0.15) is 0 Å². The van der Waals surface area contributed by atoms with E-state index >= 15 is 0 Å². The number of allylic oxidation sites excluding steroid dienone is 3. The molecule has 0 bridgehead atoms. The van der Waals surface area contributed by atoms with Crippen LogP contribution in [0.25, 0.3) is 11.1 Å². The summed E-state index contributed by atoms with van der Waals surface area (Å²) in [6, 6.07) is 23.0. The zero-order chi connectivity index (χ0) is 22.8. The second kappa shape index (κ2) is 9.07. The predicted molar refractivity (Wildman–Crippen MR) is 130 cm³/mol. The smallest absolute Gasteiger partial charge is 0.204 e. The van der Waals surface area contributed by atoms with Crippen molar-refractivity contribution in [3.05, 3.63) is 120 Å². The number of carbonyl (C=O) groups is 1. The van der Waals surface area contributed by atoms with E-state index in [4.69, 9.17) is 23.2 Å². The van der Waals surface area contributed by atoms with Gasteiger partial charge in [-0.1, -0.05) is 108 Å². The maximum atomic E-state index is 13.5. The number of ketones is 1. The second-order valence-corrected chi connectivity index (χ2v) is 10.7. The summed E-state index contributed by atoms with van der Waals surface area (Å²) in [6.45, 7) is 0. The summed E-state index contributed by atoms with van der Waals surface area (Å²) in [5.41, 5.74) is 2.19. The molecule has 0 heterocycles. The molecule has 1 unspecified atom stereocenters. The third-order valence-electron chi connectivity index (χ3n) is 5.34. The van der Waals surface area contributed by atoms with Crippen molar-refractivity contribution in [2.75, 3.05) is 0 Å². The van der Waals surface area contributed by atoms with Gasteiger partial charge in [0.2, 0.25) is 9.84 Å². The molecular weight excluding hydrogens is 463 g/mol. The summed E-state index contributed by atoms with van der Waals surface area (Å²) in [5.74, 6) is 0.0493. The van der Waals surface area contributed by atoms with E-state index in [1.165, 1.54) is 18.2 Å². The minimum atomic E-state index is -4.13. The summed E-state index contributed by atoms with van der Waals surface area (Å²) < 4.78 is 25.1. The summed E-state index contributed by atoms with van der Waals surface area (Å²) in [7, 11) is -4.13. The van der Waals surface area contributed by atoms with E-state index in [1.54, 1.807) is 42.5 Å². The molecule has 0 amide bonds. The number of benzene rings is 3. The Kier molecular flexibility index (Phi) is 6.38. The van der Waals surface area contributed by atoms with Gasteiger partial charge in [-0.15, -0.1) is 0 Å². The number of Topliss-reactive ketones (excluding diaryl/α,β-unsaturated/α-hetero) is 1. The first-order valence-corrected chi connectivity index (χ1v) is 12.2. The number of rotatable bonds is 6. The summed E-state index contributed by atoms with van der Waals surface area (Å²) >= 11 is 12.9. The van der Waals surface area contributed by atoms with Gasteiger partial charge in [0.05, 0.1) is 9.92 Å². The molecule has 0 spiro atoms. The fourth-order valence-corrected chi connectivity index (χ4v) is 6.24. The molecule has 0 saturated carbocycles. The minimum Gasteiger partial charge on any atom is -0.294 e. The van der Waals surface area contributed by atoms with Crippen LogP contribution < -0.4 is 0 Å². The van der Waals surface area contributed by atoms with Crippen molar-refractivity contribution in [1.82, 2.24) is 0 Å². The molecule has 1 atom stereocenters.